The number of anilines is 1. The topological polar surface area (TPSA) is 51.0 Å². The molecule has 0 saturated carbocycles. The first-order chi connectivity index (χ1) is 7.40. The van der Waals surface area contributed by atoms with E-state index in [1.54, 1.807) is 0 Å². The first kappa shape index (κ1) is 9.28. The monoisotopic (exact) mass is 199 g/mol. The summed E-state index contributed by atoms with van der Waals surface area (Å²) in [4.78, 5) is 0. The fourth-order valence-corrected chi connectivity index (χ4v) is 1.18. The van der Waals surface area contributed by atoms with Crippen molar-refractivity contribution >= 4 is 5.69 Å². The fourth-order valence-electron chi connectivity index (χ4n) is 1.18. The maximum atomic E-state index is 5.14. The molecule has 4 nitrogen and oxygen atoms in total. The van der Waals surface area contributed by atoms with Crippen LogP contribution in [0.5, 0.6) is 0 Å². The van der Waals surface area contributed by atoms with Crippen molar-refractivity contribution in [3.63, 3.8) is 0 Å². The van der Waals surface area contributed by atoms with Gasteiger partial charge < -0.3 is 9.73 Å². The van der Waals surface area contributed by atoms with Crippen molar-refractivity contribution in [1.29, 1.82) is 0 Å². The number of nitrogens with zero attached hydrogens (tertiary/aromatic N) is 2. The summed E-state index contributed by atoms with van der Waals surface area (Å²) < 4.78 is 5.07. The van der Waals surface area contributed by atoms with Gasteiger partial charge in [-0.15, -0.1) is 16.6 Å². The van der Waals surface area contributed by atoms with Crippen LogP contribution in [0.2, 0.25) is 0 Å². The summed E-state index contributed by atoms with van der Waals surface area (Å²) in [6.45, 7) is 0.514. The van der Waals surface area contributed by atoms with Gasteiger partial charge in [-0.2, -0.15) is 0 Å². The molecule has 1 heterocycles. The van der Waals surface area contributed by atoms with E-state index in [9.17, 15) is 0 Å². The molecule has 0 bridgehead atoms. The Kier molecular flexibility index (Phi) is 2.65. The second-order valence-corrected chi connectivity index (χ2v) is 2.88. The number of nitrogens with one attached hydrogen (secondary N) is 1. The molecule has 1 aromatic heterocycles. The van der Waals surface area contributed by atoms with Crippen LogP contribution in [-0.2, 0) is 0 Å². The van der Waals surface area contributed by atoms with E-state index in [2.05, 4.69) is 21.4 Å². The molecular weight excluding hydrogens is 190 g/mol. The normalized spacial score (nSPS) is 9.53. The average molecular weight is 199 g/mol. The number of benzene rings is 1. The van der Waals surface area contributed by atoms with E-state index in [1.165, 1.54) is 6.39 Å². The number of hydrogen-bond donors (Lipinski definition) is 1. The molecule has 0 radical (unpaired) electrons. The van der Waals surface area contributed by atoms with E-state index in [0.717, 1.165) is 11.3 Å². The molecule has 0 spiro atoms. The lowest BCUT2D eigenvalue weighted by atomic mass is 10.2. The molecule has 0 unspecified atom stereocenters. The highest BCUT2D eigenvalue weighted by molar-refractivity contribution is 5.58. The van der Waals surface area contributed by atoms with Gasteiger partial charge in [-0.1, -0.05) is 5.92 Å². The van der Waals surface area contributed by atoms with Crippen molar-refractivity contribution in [2.45, 2.75) is 0 Å². The molecule has 74 valence electrons. The predicted octanol–water partition coefficient (Wildman–Crippen LogP) is 1.78. The van der Waals surface area contributed by atoms with Gasteiger partial charge in [-0.3, -0.25) is 0 Å². The molecule has 2 aromatic rings. The summed E-state index contributed by atoms with van der Waals surface area (Å²) in [5, 5.41) is 10.5. The zero-order valence-corrected chi connectivity index (χ0v) is 7.97. The number of aromatic nitrogens is 2. The van der Waals surface area contributed by atoms with Gasteiger partial charge in [-0.05, 0) is 24.3 Å². The molecule has 0 aliphatic rings. The molecule has 0 aliphatic carbocycles. The Hall–Kier alpha value is -2.28. The fraction of sp³-hybridized carbons (Fsp3) is 0.0909. The lowest BCUT2D eigenvalue weighted by molar-refractivity contribution is 0.568. The third-order valence-corrected chi connectivity index (χ3v) is 1.89. The van der Waals surface area contributed by atoms with E-state index < -0.39 is 0 Å². The number of terminal acetylenes is 1. The van der Waals surface area contributed by atoms with Crippen LogP contribution >= 0.6 is 0 Å². The van der Waals surface area contributed by atoms with Crippen LogP contribution in [0.1, 0.15) is 0 Å². The van der Waals surface area contributed by atoms with E-state index in [0.29, 0.717) is 12.4 Å². The molecule has 0 fully saturated rings. The molecule has 0 saturated heterocycles. The molecule has 0 atom stereocenters. The summed E-state index contributed by atoms with van der Waals surface area (Å²) >= 11 is 0. The molecule has 0 amide bonds. The first-order valence-electron chi connectivity index (χ1n) is 4.44. The number of hydrogen-bond acceptors (Lipinski definition) is 4. The molecule has 1 aromatic carbocycles. The molecular formula is C11H9N3O. The van der Waals surface area contributed by atoms with Crippen LogP contribution in [0.4, 0.5) is 5.69 Å². The van der Waals surface area contributed by atoms with Crippen LogP contribution in [0.3, 0.4) is 0 Å². The maximum Gasteiger partial charge on any atom is 0.247 e. The van der Waals surface area contributed by atoms with E-state index in [1.807, 2.05) is 24.3 Å². The standard InChI is InChI=1S/C11H9N3O/c1-2-7-12-10-5-3-9(4-6-10)11-14-13-8-15-11/h1,3-6,8,12H,7H2. The Morgan fingerprint density at radius 1 is 1.33 bits per heavy atom. The second kappa shape index (κ2) is 4.29. The highest BCUT2D eigenvalue weighted by atomic mass is 16.4. The predicted molar refractivity (Wildman–Crippen MR) is 57.1 cm³/mol. The molecule has 4 heteroatoms. The highest BCUT2D eigenvalue weighted by Gasteiger charge is 2.01. The van der Waals surface area contributed by atoms with Crippen molar-refractivity contribution < 1.29 is 4.42 Å². The maximum absolute atomic E-state index is 5.14. The van der Waals surface area contributed by atoms with Crippen LogP contribution in [0, 0.1) is 12.3 Å². The van der Waals surface area contributed by atoms with Crippen molar-refractivity contribution in [2.24, 2.45) is 0 Å². The first-order valence-corrected chi connectivity index (χ1v) is 4.44. The summed E-state index contributed by atoms with van der Waals surface area (Å²) in [6, 6.07) is 7.62. The summed E-state index contributed by atoms with van der Waals surface area (Å²) in [7, 11) is 0. The van der Waals surface area contributed by atoms with Gasteiger partial charge in [0.05, 0.1) is 6.54 Å². The Labute approximate surface area is 87.3 Å². The van der Waals surface area contributed by atoms with Crippen LogP contribution in [0.15, 0.2) is 35.1 Å². The van der Waals surface area contributed by atoms with Gasteiger partial charge in [0.1, 0.15) is 0 Å². The van der Waals surface area contributed by atoms with Gasteiger partial charge in [0.2, 0.25) is 12.3 Å². The van der Waals surface area contributed by atoms with Crippen LogP contribution in [-0.4, -0.2) is 16.7 Å². The molecule has 2 rings (SSSR count). The van der Waals surface area contributed by atoms with Crippen LogP contribution in [0.25, 0.3) is 11.5 Å². The smallest absolute Gasteiger partial charge is 0.247 e. The second-order valence-electron chi connectivity index (χ2n) is 2.88. The van der Waals surface area contributed by atoms with E-state index in [-0.39, 0.29) is 0 Å². The SMILES string of the molecule is C#CCNc1ccc(-c2nnco2)cc1. The molecule has 1 N–H and O–H groups in total. The van der Waals surface area contributed by atoms with Crippen molar-refractivity contribution in [3.8, 4) is 23.8 Å². The third-order valence-electron chi connectivity index (χ3n) is 1.89. The Morgan fingerprint density at radius 3 is 2.73 bits per heavy atom. The van der Waals surface area contributed by atoms with Gasteiger partial charge >= 0.3 is 0 Å². The van der Waals surface area contributed by atoms with Gasteiger partial charge in [0.15, 0.2) is 0 Å². The zero-order chi connectivity index (χ0) is 10.5. The summed E-state index contributed by atoms with van der Waals surface area (Å²) in [6.07, 6.45) is 6.44. The van der Waals surface area contributed by atoms with Crippen LogP contribution < -0.4 is 5.32 Å². The minimum Gasteiger partial charge on any atom is -0.423 e. The lowest BCUT2D eigenvalue weighted by Gasteiger charge is -2.01. The largest absolute Gasteiger partial charge is 0.423 e. The molecule has 15 heavy (non-hydrogen) atoms. The van der Waals surface area contributed by atoms with Gasteiger partial charge in [0.25, 0.3) is 0 Å². The summed E-state index contributed by atoms with van der Waals surface area (Å²) in [5.74, 6) is 3.02. The highest BCUT2D eigenvalue weighted by Crippen LogP contribution is 2.18. The Bertz CT molecular complexity index is 454. The Balaban J connectivity index is 2.15. The minimum atomic E-state index is 0.512. The van der Waals surface area contributed by atoms with Gasteiger partial charge in [0, 0.05) is 11.3 Å². The van der Waals surface area contributed by atoms with Crippen molar-refractivity contribution in [1.82, 2.24) is 10.2 Å². The number of rotatable bonds is 3. The lowest BCUT2D eigenvalue weighted by Crippen LogP contribution is -1.97. The summed E-state index contributed by atoms with van der Waals surface area (Å²) in [5.41, 5.74) is 1.86. The average Bonchev–Trinajstić information content (AvgIpc) is 2.80. The zero-order valence-electron chi connectivity index (χ0n) is 7.97. The van der Waals surface area contributed by atoms with E-state index in [4.69, 9.17) is 10.8 Å². The van der Waals surface area contributed by atoms with Crippen molar-refractivity contribution in [2.75, 3.05) is 11.9 Å². The Morgan fingerprint density at radius 2 is 2.13 bits per heavy atom. The molecule has 0 aliphatic heterocycles. The van der Waals surface area contributed by atoms with E-state index >= 15 is 0 Å². The third kappa shape index (κ3) is 2.15. The van der Waals surface area contributed by atoms with Crippen molar-refractivity contribution in [3.05, 3.63) is 30.7 Å². The quantitative estimate of drug-likeness (QED) is 0.765. The van der Waals surface area contributed by atoms with Gasteiger partial charge in [-0.25, -0.2) is 0 Å². The minimum absolute atomic E-state index is 0.512.